The lowest BCUT2D eigenvalue weighted by molar-refractivity contribution is -0.145. The molecule has 1 spiro atoms. The van der Waals surface area contributed by atoms with Crippen molar-refractivity contribution in [1.82, 2.24) is 9.80 Å². The number of hydrogen-bond donors (Lipinski definition) is 0. The van der Waals surface area contributed by atoms with Crippen LogP contribution in [0.5, 0.6) is 0 Å². The minimum Gasteiger partial charge on any atom is -0.342 e. The van der Waals surface area contributed by atoms with Crippen molar-refractivity contribution in [1.29, 1.82) is 0 Å². The summed E-state index contributed by atoms with van der Waals surface area (Å²) >= 11 is 6.16. The number of likely N-dealkylation sites (tertiary alicyclic amines) is 2. The summed E-state index contributed by atoms with van der Waals surface area (Å²) in [5.41, 5.74) is 0.743. The summed E-state index contributed by atoms with van der Waals surface area (Å²) < 4.78 is 13.2. The zero-order chi connectivity index (χ0) is 16.7. The van der Waals surface area contributed by atoms with E-state index in [9.17, 15) is 9.18 Å². The van der Waals surface area contributed by atoms with Gasteiger partial charge < -0.3 is 4.90 Å². The van der Waals surface area contributed by atoms with Gasteiger partial charge in [0.2, 0.25) is 5.91 Å². The van der Waals surface area contributed by atoms with Gasteiger partial charge in [-0.2, -0.15) is 0 Å². The van der Waals surface area contributed by atoms with Gasteiger partial charge in [-0.05, 0) is 62.3 Å². The minimum absolute atomic E-state index is 0.195. The highest BCUT2D eigenvalue weighted by molar-refractivity contribution is 6.31. The Hall–Kier alpha value is -1.13. The third-order valence-electron chi connectivity index (χ3n) is 5.84. The Morgan fingerprint density at radius 3 is 2.83 bits per heavy atom. The number of nitrogens with zero attached hydrogens (tertiary/aromatic N) is 2. The molecule has 1 saturated carbocycles. The Morgan fingerprint density at radius 1 is 1.25 bits per heavy atom. The molecule has 24 heavy (non-hydrogen) atoms. The number of piperidine rings is 1. The van der Waals surface area contributed by atoms with Crippen LogP contribution in [-0.2, 0) is 11.3 Å². The first-order chi connectivity index (χ1) is 11.6. The second-order valence-electron chi connectivity index (χ2n) is 7.77. The Labute approximate surface area is 147 Å². The average Bonchev–Trinajstić information content (AvgIpc) is 3.27. The Bertz CT molecular complexity index is 648. The summed E-state index contributed by atoms with van der Waals surface area (Å²) in [5, 5.41) is 0.473. The summed E-state index contributed by atoms with van der Waals surface area (Å²) in [6, 6.07) is 4.58. The molecule has 2 saturated heterocycles. The molecular weight excluding hydrogens is 327 g/mol. The predicted octanol–water partition coefficient (Wildman–Crippen LogP) is 3.70. The smallest absolute Gasteiger partial charge is 0.230 e. The van der Waals surface area contributed by atoms with Gasteiger partial charge in [0.05, 0.1) is 5.41 Å². The number of hydrogen-bond acceptors (Lipinski definition) is 2. The van der Waals surface area contributed by atoms with Gasteiger partial charge in [-0.15, -0.1) is 0 Å². The van der Waals surface area contributed by atoms with E-state index in [0.717, 1.165) is 56.9 Å². The average molecular weight is 351 g/mol. The number of amides is 1. The van der Waals surface area contributed by atoms with Crippen molar-refractivity contribution in [2.45, 2.75) is 38.6 Å². The number of benzene rings is 1. The first-order valence-electron chi connectivity index (χ1n) is 9.01. The molecule has 1 amide bonds. The van der Waals surface area contributed by atoms with Crippen LogP contribution in [0, 0.1) is 17.2 Å². The molecule has 0 aromatic heterocycles. The summed E-state index contributed by atoms with van der Waals surface area (Å²) in [6.45, 7) is 4.30. The van der Waals surface area contributed by atoms with Crippen LogP contribution in [-0.4, -0.2) is 41.9 Å². The SMILES string of the molecule is O=C1N(CC2CC2)CCCC12CCN(Cc1ccc(F)cc1Cl)C2. The highest BCUT2D eigenvalue weighted by Crippen LogP contribution is 2.42. The summed E-state index contributed by atoms with van der Waals surface area (Å²) in [6.07, 6.45) is 5.62. The molecule has 1 aliphatic carbocycles. The van der Waals surface area contributed by atoms with Crippen molar-refractivity contribution in [2.75, 3.05) is 26.2 Å². The maximum Gasteiger partial charge on any atom is 0.230 e. The van der Waals surface area contributed by atoms with Crippen molar-refractivity contribution in [2.24, 2.45) is 11.3 Å². The van der Waals surface area contributed by atoms with Gasteiger partial charge in [-0.25, -0.2) is 4.39 Å². The zero-order valence-corrected chi connectivity index (χ0v) is 14.7. The second kappa shape index (κ2) is 6.30. The minimum atomic E-state index is -0.306. The van der Waals surface area contributed by atoms with E-state index < -0.39 is 0 Å². The van der Waals surface area contributed by atoms with Crippen molar-refractivity contribution in [3.63, 3.8) is 0 Å². The predicted molar refractivity (Wildman–Crippen MR) is 92.3 cm³/mol. The van der Waals surface area contributed by atoms with Crippen molar-refractivity contribution in [3.05, 3.63) is 34.6 Å². The third-order valence-corrected chi connectivity index (χ3v) is 6.19. The largest absolute Gasteiger partial charge is 0.342 e. The normalized spacial score (nSPS) is 28.1. The second-order valence-corrected chi connectivity index (χ2v) is 8.18. The number of halogens is 2. The Balaban J connectivity index is 1.43. The fourth-order valence-electron chi connectivity index (χ4n) is 4.30. The lowest BCUT2D eigenvalue weighted by Gasteiger charge is -2.39. The Kier molecular flexibility index (Phi) is 4.29. The fraction of sp³-hybridized carbons (Fsp3) is 0.632. The van der Waals surface area contributed by atoms with Crippen LogP contribution in [0.4, 0.5) is 4.39 Å². The highest BCUT2D eigenvalue weighted by Gasteiger charge is 2.48. The van der Waals surface area contributed by atoms with Crippen molar-refractivity contribution < 1.29 is 9.18 Å². The number of rotatable bonds is 4. The van der Waals surface area contributed by atoms with Crippen LogP contribution in [0.3, 0.4) is 0 Å². The van der Waals surface area contributed by atoms with E-state index in [1.54, 1.807) is 6.07 Å². The van der Waals surface area contributed by atoms with Gasteiger partial charge in [0, 0.05) is 31.2 Å². The molecule has 5 heteroatoms. The summed E-state index contributed by atoms with van der Waals surface area (Å²) in [5.74, 6) is 0.813. The van der Waals surface area contributed by atoms with Crippen LogP contribution < -0.4 is 0 Å². The summed E-state index contributed by atoms with van der Waals surface area (Å²) in [7, 11) is 0. The van der Waals surface area contributed by atoms with Crippen molar-refractivity contribution >= 4 is 17.5 Å². The van der Waals surface area contributed by atoms with Crippen LogP contribution in [0.1, 0.15) is 37.7 Å². The maximum absolute atomic E-state index is 13.2. The van der Waals surface area contributed by atoms with E-state index >= 15 is 0 Å². The molecule has 2 aliphatic heterocycles. The summed E-state index contributed by atoms with van der Waals surface area (Å²) in [4.78, 5) is 17.5. The van der Waals surface area contributed by atoms with Crippen molar-refractivity contribution in [3.8, 4) is 0 Å². The molecule has 4 rings (SSSR count). The zero-order valence-electron chi connectivity index (χ0n) is 13.9. The van der Waals surface area contributed by atoms with Crippen LogP contribution in [0.25, 0.3) is 0 Å². The molecule has 0 radical (unpaired) electrons. The topological polar surface area (TPSA) is 23.6 Å². The first kappa shape index (κ1) is 16.3. The van der Waals surface area contributed by atoms with Crippen LogP contribution in [0.2, 0.25) is 5.02 Å². The molecule has 1 atom stereocenters. The highest BCUT2D eigenvalue weighted by atomic mass is 35.5. The molecule has 0 bridgehead atoms. The molecule has 130 valence electrons. The molecule has 3 nitrogen and oxygen atoms in total. The van der Waals surface area contributed by atoms with E-state index in [1.165, 1.54) is 25.0 Å². The first-order valence-corrected chi connectivity index (χ1v) is 9.39. The van der Waals surface area contributed by atoms with Gasteiger partial charge in [-0.3, -0.25) is 9.69 Å². The molecule has 1 aromatic rings. The van der Waals surface area contributed by atoms with Crippen LogP contribution >= 0.6 is 11.6 Å². The van der Waals surface area contributed by atoms with Crippen LogP contribution in [0.15, 0.2) is 18.2 Å². The van der Waals surface area contributed by atoms with Gasteiger partial charge in [-0.1, -0.05) is 17.7 Å². The maximum atomic E-state index is 13.2. The fourth-order valence-corrected chi connectivity index (χ4v) is 4.53. The molecule has 1 unspecified atom stereocenters. The molecule has 0 N–H and O–H groups in total. The lowest BCUT2D eigenvalue weighted by atomic mass is 9.78. The van der Waals surface area contributed by atoms with E-state index in [-0.39, 0.29) is 11.2 Å². The molecule has 3 aliphatic rings. The number of carbonyl (C=O) groups excluding carboxylic acids is 1. The van der Waals surface area contributed by atoms with Gasteiger partial charge >= 0.3 is 0 Å². The van der Waals surface area contributed by atoms with E-state index in [0.29, 0.717) is 17.5 Å². The Morgan fingerprint density at radius 2 is 2.08 bits per heavy atom. The molecule has 2 heterocycles. The molecule has 3 fully saturated rings. The molecular formula is C19H24ClFN2O. The third kappa shape index (κ3) is 3.18. The van der Waals surface area contributed by atoms with E-state index in [1.807, 2.05) is 0 Å². The van der Waals surface area contributed by atoms with Gasteiger partial charge in [0.1, 0.15) is 5.82 Å². The van der Waals surface area contributed by atoms with Gasteiger partial charge in [0.15, 0.2) is 0 Å². The molecule has 1 aromatic carbocycles. The standard InChI is InChI=1S/C19H24ClFN2O/c20-17-10-16(21)5-4-15(17)12-22-9-7-19(13-22)6-1-8-23(18(19)24)11-14-2-3-14/h4-5,10,14H,1-3,6-9,11-13H2. The quantitative estimate of drug-likeness (QED) is 0.826. The lowest BCUT2D eigenvalue weighted by Crippen LogP contribution is -2.50. The van der Waals surface area contributed by atoms with E-state index in [2.05, 4.69) is 9.80 Å². The van der Waals surface area contributed by atoms with E-state index in [4.69, 9.17) is 11.6 Å². The monoisotopic (exact) mass is 350 g/mol. The van der Waals surface area contributed by atoms with Gasteiger partial charge in [0.25, 0.3) is 0 Å². The number of carbonyl (C=O) groups is 1.